The number of rotatable bonds is 4. The predicted octanol–water partition coefficient (Wildman–Crippen LogP) is 4.13. The van der Waals surface area contributed by atoms with E-state index in [4.69, 9.17) is 11.6 Å². The zero-order valence-electron chi connectivity index (χ0n) is 10.0. The molecule has 0 unspecified atom stereocenters. The molecule has 0 aliphatic carbocycles. The van der Waals surface area contributed by atoms with Crippen LogP contribution in [0, 0.1) is 0 Å². The average Bonchev–Trinajstić information content (AvgIpc) is 2.65. The summed E-state index contributed by atoms with van der Waals surface area (Å²) < 4.78 is 38.1. The maximum atomic E-state index is 12.1. The molecule has 6 heteroatoms. The van der Waals surface area contributed by atoms with Gasteiger partial charge in [-0.05, 0) is 18.6 Å². The van der Waals surface area contributed by atoms with Crippen LogP contribution in [0.5, 0.6) is 0 Å². The molecule has 0 saturated carbocycles. The highest BCUT2D eigenvalue weighted by molar-refractivity contribution is 6.31. The third-order valence-corrected chi connectivity index (χ3v) is 3.19. The molecule has 0 atom stereocenters. The summed E-state index contributed by atoms with van der Waals surface area (Å²) >= 11 is 5.89. The van der Waals surface area contributed by atoms with Gasteiger partial charge < -0.3 is 9.67 Å². The van der Waals surface area contributed by atoms with Gasteiger partial charge >= 0.3 is 6.18 Å². The van der Waals surface area contributed by atoms with Crippen LogP contribution in [0.15, 0.2) is 24.4 Å². The lowest BCUT2D eigenvalue weighted by atomic mass is 10.2. The summed E-state index contributed by atoms with van der Waals surface area (Å²) in [7, 11) is 0. The summed E-state index contributed by atoms with van der Waals surface area (Å²) in [5.74, 6) is 0. The smallest absolute Gasteiger partial charge is 0.389 e. The van der Waals surface area contributed by atoms with Crippen molar-refractivity contribution in [1.29, 1.82) is 0 Å². The van der Waals surface area contributed by atoms with Crippen LogP contribution in [0.1, 0.15) is 18.4 Å². The first-order chi connectivity index (χ1) is 8.90. The molecule has 2 nitrogen and oxygen atoms in total. The van der Waals surface area contributed by atoms with Gasteiger partial charge in [0, 0.05) is 40.7 Å². The van der Waals surface area contributed by atoms with E-state index >= 15 is 0 Å². The molecule has 2 aromatic rings. The fourth-order valence-electron chi connectivity index (χ4n) is 2.10. The van der Waals surface area contributed by atoms with Crippen LogP contribution in [-0.4, -0.2) is 15.8 Å². The molecular formula is C13H13ClF3NO. The topological polar surface area (TPSA) is 25.2 Å². The third-order valence-electron chi connectivity index (χ3n) is 2.96. The van der Waals surface area contributed by atoms with Gasteiger partial charge in [0.15, 0.2) is 0 Å². The number of nitrogens with zero attached hydrogens (tertiary/aromatic N) is 1. The summed E-state index contributed by atoms with van der Waals surface area (Å²) in [6.45, 7) is 0.0980. The van der Waals surface area contributed by atoms with Gasteiger partial charge in [-0.1, -0.05) is 17.7 Å². The molecule has 1 aromatic heterocycles. The van der Waals surface area contributed by atoms with Crippen molar-refractivity contribution in [3.05, 3.63) is 35.0 Å². The van der Waals surface area contributed by atoms with E-state index in [9.17, 15) is 18.3 Å². The number of benzene rings is 1. The number of aryl methyl sites for hydroxylation is 1. The molecule has 1 aromatic carbocycles. The zero-order chi connectivity index (χ0) is 14.0. The zero-order valence-corrected chi connectivity index (χ0v) is 10.8. The summed E-state index contributed by atoms with van der Waals surface area (Å²) in [4.78, 5) is 0. The van der Waals surface area contributed by atoms with Gasteiger partial charge in [0.1, 0.15) is 0 Å². The number of fused-ring (bicyclic) bond motifs is 1. The molecule has 2 rings (SSSR count). The van der Waals surface area contributed by atoms with Gasteiger partial charge in [0.05, 0.1) is 6.61 Å². The number of aromatic nitrogens is 1. The minimum atomic E-state index is -4.14. The molecule has 0 saturated heterocycles. The van der Waals surface area contributed by atoms with Gasteiger partial charge in [-0.15, -0.1) is 0 Å². The number of halogens is 4. The average molecular weight is 292 g/mol. The minimum absolute atomic E-state index is 0.00462. The van der Waals surface area contributed by atoms with Crippen molar-refractivity contribution in [2.75, 3.05) is 0 Å². The summed E-state index contributed by atoms with van der Waals surface area (Å²) in [6, 6.07) is 5.16. The quantitative estimate of drug-likeness (QED) is 0.900. The van der Waals surface area contributed by atoms with Crippen LogP contribution in [-0.2, 0) is 13.2 Å². The third kappa shape index (κ3) is 3.42. The van der Waals surface area contributed by atoms with Crippen molar-refractivity contribution >= 4 is 22.5 Å². The van der Waals surface area contributed by atoms with E-state index < -0.39 is 12.6 Å². The molecule has 0 aliphatic rings. The SMILES string of the molecule is OCc1cn(CCCC(F)(F)F)c2cc(Cl)ccc12. The maximum absolute atomic E-state index is 12.1. The minimum Gasteiger partial charge on any atom is -0.392 e. The van der Waals surface area contributed by atoms with Crippen LogP contribution >= 0.6 is 11.6 Å². The Morgan fingerprint density at radius 3 is 2.63 bits per heavy atom. The fourth-order valence-corrected chi connectivity index (χ4v) is 2.27. The van der Waals surface area contributed by atoms with Gasteiger partial charge in [0.2, 0.25) is 0 Å². The summed E-state index contributed by atoms with van der Waals surface area (Å²) in [6.07, 6.45) is -3.27. The van der Waals surface area contributed by atoms with Crippen molar-refractivity contribution in [3.63, 3.8) is 0 Å². The van der Waals surface area contributed by atoms with Crippen LogP contribution in [0.25, 0.3) is 10.9 Å². The second-order valence-electron chi connectivity index (χ2n) is 4.39. The van der Waals surface area contributed by atoms with Crippen molar-refractivity contribution in [1.82, 2.24) is 4.57 Å². The van der Waals surface area contributed by atoms with Crippen molar-refractivity contribution < 1.29 is 18.3 Å². The highest BCUT2D eigenvalue weighted by atomic mass is 35.5. The summed E-state index contributed by atoms with van der Waals surface area (Å²) in [5, 5.41) is 10.6. The van der Waals surface area contributed by atoms with Gasteiger partial charge in [0.25, 0.3) is 0 Å². The van der Waals surface area contributed by atoms with E-state index in [-0.39, 0.29) is 19.6 Å². The van der Waals surface area contributed by atoms with E-state index in [1.165, 1.54) is 0 Å². The van der Waals surface area contributed by atoms with Crippen LogP contribution in [0.2, 0.25) is 5.02 Å². The first-order valence-electron chi connectivity index (χ1n) is 5.85. The molecule has 0 amide bonds. The van der Waals surface area contributed by atoms with Crippen LogP contribution in [0.3, 0.4) is 0 Å². The molecule has 0 radical (unpaired) electrons. The second kappa shape index (κ2) is 5.43. The molecule has 104 valence electrons. The number of hydrogen-bond acceptors (Lipinski definition) is 1. The Morgan fingerprint density at radius 1 is 1.26 bits per heavy atom. The standard InChI is InChI=1S/C13H13ClF3NO/c14-10-2-3-11-9(8-19)7-18(12(11)6-10)5-1-4-13(15,16)17/h2-3,6-7,19H,1,4-5,8H2. The Bertz CT molecular complexity index is 577. The van der Waals surface area contributed by atoms with E-state index in [1.807, 2.05) is 0 Å². The number of aliphatic hydroxyl groups is 1. The molecular weight excluding hydrogens is 279 g/mol. The lowest BCUT2D eigenvalue weighted by Gasteiger charge is -2.08. The Kier molecular flexibility index (Phi) is 4.06. The highest BCUT2D eigenvalue weighted by Gasteiger charge is 2.26. The number of aliphatic hydroxyl groups excluding tert-OH is 1. The van der Waals surface area contributed by atoms with E-state index in [1.54, 1.807) is 29.0 Å². The van der Waals surface area contributed by atoms with Crippen molar-refractivity contribution in [2.45, 2.75) is 32.2 Å². The lowest BCUT2D eigenvalue weighted by Crippen LogP contribution is -2.08. The maximum Gasteiger partial charge on any atom is 0.389 e. The van der Waals surface area contributed by atoms with E-state index in [0.717, 1.165) is 10.9 Å². The largest absolute Gasteiger partial charge is 0.392 e. The molecule has 0 spiro atoms. The van der Waals surface area contributed by atoms with Crippen molar-refractivity contribution in [3.8, 4) is 0 Å². The Labute approximate surface area is 113 Å². The molecule has 0 aliphatic heterocycles. The molecule has 1 N–H and O–H groups in total. The van der Waals surface area contributed by atoms with Gasteiger partial charge in [-0.2, -0.15) is 13.2 Å². The molecule has 19 heavy (non-hydrogen) atoms. The van der Waals surface area contributed by atoms with Crippen LogP contribution < -0.4 is 0 Å². The summed E-state index contributed by atoms with van der Waals surface area (Å²) in [5.41, 5.74) is 1.44. The number of alkyl halides is 3. The molecule has 0 fully saturated rings. The van der Waals surface area contributed by atoms with Crippen LogP contribution in [0.4, 0.5) is 13.2 Å². The van der Waals surface area contributed by atoms with Gasteiger partial charge in [-0.3, -0.25) is 0 Å². The first kappa shape index (κ1) is 14.2. The predicted molar refractivity (Wildman–Crippen MR) is 68.2 cm³/mol. The molecule has 0 bridgehead atoms. The van der Waals surface area contributed by atoms with E-state index in [0.29, 0.717) is 10.6 Å². The normalized spacial score (nSPS) is 12.3. The van der Waals surface area contributed by atoms with E-state index in [2.05, 4.69) is 0 Å². The van der Waals surface area contributed by atoms with Gasteiger partial charge in [-0.25, -0.2) is 0 Å². The Hall–Kier alpha value is -1.20. The molecule has 1 heterocycles. The fraction of sp³-hybridized carbons (Fsp3) is 0.385. The highest BCUT2D eigenvalue weighted by Crippen LogP contribution is 2.27. The lowest BCUT2D eigenvalue weighted by molar-refractivity contribution is -0.135. The first-order valence-corrected chi connectivity index (χ1v) is 6.23. The Balaban J connectivity index is 2.25. The Morgan fingerprint density at radius 2 is 2.00 bits per heavy atom. The second-order valence-corrected chi connectivity index (χ2v) is 4.82. The number of hydrogen-bond donors (Lipinski definition) is 1. The van der Waals surface area contributed by atoms with Crippen molar-refractivity contribution in [2.24, 2.45) is 0 Å². The monoisotopic (exact) mass is 291 g/mol.